The van der Waals surface area contributed by atoms with Crippen LogP contribution in [0.25, 0.3) is 0 Å². The summed E-state index contributed by atoms with van der Waals surface area (Å²) in [5.74, 6) is 0.309. The van der Waals surface area contributed by atoms with Crippen molar-refractivity contribution in [1.29, 1.82) is 0 Å². The molecule has 1 fully saturated rings. The SMILES string of the molecule is CCCC1(OC)C(C)(P=O)C(C)CC[Si]1(OC)OC. The second kappa shape index (κ2) is 6.31. The maximum Gasteiger partial charge on any atom is 0.372 e. The van der Waals surface area contributed by atoms with Crippen molar-refractivity contribution in [1.82, 2.24) is 0 Å². The first kappa shape index (κ1) is 17.2. The first-order chi connectivity index (χ1) is 8.93. The highest BCUT2D eigenvalue weighted by Gasteiger charge is 2.70. The molecule has 1 heterocycles. The predicted octanol–water partition coefficient (Wildman–Crippen LogP) is 3.54. The summed E-state index contributed by atoms with van der Waals surface area (Å²) in [4.78, 5) is 0. The molecule has 112 valence electrons. The quantitative estimate of drug-likeness (QED) is 0.556. The Labute approximate surface area is 119 Å². The lowest BCUT2D eigenvalue weighted by molar-refractivity contribution is -0.0502. The van der Waals surface area contributed by atoms with E-state index in [1.807, 2.05) is 6.92 Å². The van der Waals surface area contributed by atoms with E-state index in [2.05, 4.69) is 13.8 Å². The summed E-state index contributed by atoms with van der Waals surface area (Å²) in [7, 11) is 2.68. The van der Waals surface area contributed by atoms with Crippen molar-refractivity contribution >= 4 is 17.0 Å². The molecular weight excluding hydrogens is 279 g/mol. The lowest BCUT2D eigenvalue weighted by Gasteiger charge is -2.57. The summed E-state index contributed by atoms with van der Waals surface area (Å²) in [5.41, 5.74) is 0. The number of hydrogen-bond donors (Lipinski definition) is 0. The Morgan fingerprint density at radius 3 is 2.26 bits per heavy atom. The Morgan fingerprint density at radius 1 is 1.32 bits per heavy atom. The summed E-state index contributed by atoms with van der Waals surface area (Å²) in [5, 5.41) is -1.03. The molecule has 0 bridgehead atoms. The number of rotatable bonds is 6. The normalized spacial score (nSPS) is 38.5. The van der Waals surface area contributed by atoms with Gasteiger partial charge in [-0.3, -0.25) is 4.57 Å². The molecule has 1 rings (SSSR count). The van der Waals surface area contributed by atoms with Crippen LogP contribution in [0, 0.1) is 5.92 Å². The van der Waals surface area contributed by atoms with Gasteiger partial charge in [-0.05, 0) is 31.7 Å². The van der Waals surface area contributed by atoms with Crippen LogP contribution in [-0.4, -0.2) is 40.3 Å². The Morgan fingerprint density at radius 2 is 1.89 bits per heavy atom. The van der Waals surface area contributed by atoms with Crippen molar-refractivity contribution in [2.24, 2.45) is 5.92 Å². The number of methoxy groups -OCH3 is 1. The second-order valence-corrected chi connectivity index (χ2v) is 10.4. The van der Waals surface area contributed by atoms with E-state index in [-0.39, 0.29) is 8.46 Å². The maximum atomic E-state index is 12.0. The van der Waals surface area contributed by atoms with Gasteiger partial charge in [0.1, 0.15) is 5.22 Å². The summed E-state index contributed by atoms with van der Waals surface area (Å²) in [6.45, 7) is 6.31. The second-order valence-electron chi connectivity index (χ2n) is 5.62. The monoisotopic (exact) mass is 306 g/mol. The lowest BCUT2D eigenvalue weighted by atomic mass is 9.84. The van der Waals surface area contributed by atoms with Crippen LogP contribution in [0.1, 0.15) is 40.0 Å². The average Bonchev–Trinajstić information content (AvgIpc) is 2.44. The summed E-state index contributed by atoms with van der Waals surface area (Å²) in [6.07, 6.45) is 2.73. The molecule has 0 aromatic rings. The summed E-state index contributed by atoms with van der Waals surface area (Å²) < 4.78 is 29.8. The minimum absolute atomic E-state index is 0.121. The van der Waals surface area contributed by atoms with Gasteiger partial charge in [0.15, 0.2) is 8.46 Å². The third-order valence-electron chi connectivity index (χ3n) is 5.10. The van der Waals surface area contributed by atoms with E-state index in [4.69, 9.17) is 13.6 Å². The van der Waals surface area contributed by atoms with E-state index < -0.39 is 18.9 Å². The Bertz CT molecular complexity index is 324. The molecule has 0 radical (unpaired) electrons. The Balaban J connectivity index is 3.46. The molecule has 1 aliphatic heterocycles. The van der Waals surface area contributed by atoms with Crippen LogP contribution in [0.15, 0.2) is 0 Å². The molecule has 19 heavy (non-hydrogen) atoms. The molecule has 3 unspecified atom stereocenters. The van der Waals surface area contributed by atoms with Crippen molar-refractivity contribution in [3.05, 3.63) is 0 Å². The highest BCUT2D eigenvalue weighted by molar-refractivity contribution is 7.26. The first-order valence-corrected chi connectivity index (χ1v) is 9.77. The van der Waals surface area contributed by atoms with Crippen molar-refractivity contribution in [2.75, 3.05) is 21.3 Å². The lowest BCUT2D eigenvalue weighted by Crippen LogP contribution is -2.75. The van der Waals surface area contributed by atoms with E-state index in [0.717, 1.165) is 25.3 Å². The maximum absolute atomic E-state index is 12.0. The highest BCUT2D eigenvalue weighted by atomic mass is 31.1. The van der Waals surface area contributed by atoms with Crippen molar-refractivity contribution in [2.45, 2.75) is 56.5 Å². The minimum Gasteiger partial charge on any atom is -0.396 e. The van der Waals surface area contributed by atoms with Crippen LogP contribution in [0.5, 0.6) is 0 Å². The topological polar surface area (TPSA) is 44.8 Å². The molecule has 3 atom stereocenters. The minimum atomic E-state index is -2.56. The van der Waals surface area contributed by atoms with Crippen LogP contribution in [-0.2, 0) is 18.2 Å². The molecule has 0 aromatic heterocycles. The van der Waals surface area contributed by atoms with Gasteiger partial charge in [0.25, 0.3) is 0 Å². The number of hydrogen-bond acceptors (Lipinski definition) is 4. The predicted molar refractivity (Wildman–Crippen MR) is 79.0 cm³/mol. The fourth-order valence-corrected chi connectivity index (χ4v) is 9.43. The van der Waals surface area contributed by atoms with Gasteiger partial charge in [-0.2, -0.15) is 0 Å². The summed E-state index contributed by atoms with van der Waals surface area (Å²) in [6, 6.07) is 0.889. The number of ether oxygens (including phenoxy) is 1. The van der Waals surface area contributed by atoms with Gasteiger partial charge in [-0.1, -0.05) is 20.3 Å². The molecule has 1 saturated heterocycles. The third-order valence-corrected chi connectivity index (χ3v) is 11.0. The van der Waals surface area contributed by atoms with Crippen molar-refractivity contribution in [3.63, 3.8) is 0 Å². The van der Waals surface area contributed by atoms with E-state index in [1.54, 1.807) is 21.3 Å². The molecule has 6 heteroatoms. The molecule has 4 nitrogen and oxygen atoms in total. The summed E-state index contributed by atoms with van der Waals surface area (Å²) >= 11 is 0. The molecule has 1 aliphatic rings. The van der Waals surface area contributed by atoms with Gasteiger partial charge in [0.2, 0.25) is 0 Å². The zero-order valence-corrected chi connectivity index (χ0v) is 14.9. The van der Waals surface area contributed by atoms with Crippen molar-refractivity contribution in [3.8, 4) is 0 Å². The Kier molecular flexibility index (Phi) is 5.73. The van der Waals surface area contributed by atoms with Crippen LogP contribution in [0.3, 0.4) is 0 Å². The van der Waals surface area contributed by atoms with E-state index in [0.29, 0.717) is 5.92 Å². The van der Waals surface area contributed by atoms with Crippen LogP contribution >= 0.6 is 8.46 Å². The molecular formula is C13H27O4PSi. The van der Waals surface area contributed by atoms with Crippen LogP contribution in [0.2, 0.25) is 6.04 Å². The molecule has 0 spiro atoms. The van der Waals surface area contributed by atoms with Gasteiger partial charge < -0.3 is 13.6 Å². The van der Waals surface area contributed by atoms with Gasteiger partial charge >= 0.3 is 8.56 Å². The van der Waals surface area contributed by atoms with Crippen molar-refractivity contribution < 1.29 is 18.2 Å². The molecule has 0 N–H and O–H groups in total. The molecule has 0 aromatic carbocycles. The highest BCUT2D eigenvalue weighted by Crippen LogP contribution is 2.56. The standard InChI is InChI=1S/C13H27O4PSi/c1-7-9-13(15-4)12(3,18-14)11(2)8-10-19(13,16-5)17-6/h11H,7-10H2,1-6H3. The largest absolute Gasteiger partial charge is 0.396 e. The van der Waals surface area contributed by atoms with E-state index in [1.165, 1.54) is 0 Å². The van der Waals surface area contributed by atoms with Crippen LogP contribution in [0.4, 0.5) is 0 Å². The first-order valence-electron chi connectivity index (χ1n) is 6.93. The van der Waals surface area contributed by atoms with E-state index in [9.17, 15) is 4.57 Å². The fourth-order valence-electron chi connectivity index (χ4n) is 3.71. The zero-order valence-electron chi connectivity index (χ0n) is 13.0. The van der Waals surface area contributed by atoms with Gasteiger partial charge in [-0.15, -0.1) is 0 Å². The van der Waals surface area contributed by atoms with Gasteiger partial charge in [0, 0.05) is 21.3 Å². The average molecular weight is 306 g/mol. The fraction of sp³-hybridized carbons (Fsp3) is 1.00. The third kappa shape index (κ3) is 2.24. The molecule has 0 amide bonds. The smallest absolute Gasteiger partial charge is 0.372 e. The van der Waals surface area contributed by atoms with E-state index >= 15 is 0 Å². The Hall–Kier alpha value is 0.197. The zero-order chi connectivity index (χ0) is 14.7. The molecule has 0 aliphatic carbocycles. The van der Waals surface area contributed by atoms with Gasteiger partial charge in [-0.25, -0.2) is 0 Å². The van der Waals surface area contributed by atoms with Gasteiger partial charge in [0.05, 0.1) is 5.16 Å². The molecule has 0 saturated carbocycles. The van der Waals surface area contributed by atoms with Crippen LogP contribution < -0.4 is 0 Å².